The Morgan fingerprint density at radius 1 is 1.11 bits per heavy atom. The first-order chi connectivity index (χ1) is 17.2. The number of thioether (sulfide) groups is 1. The van der Waals surface area contributed by atoms with E-state index in [1.54, 1.807) is 0 Å². The predicted octanol–water partition coefficient (Wildman–Crippen LogP) is 7.46. The van der Waals surface area contributed by atoms with Gasteiger partial charge in [0.05, 0.1) is 33.5 Å². The molecule has 0 spiro atoms. The van der Waals surface area contributed by atoms with Crippen molar-refractivity contribution in [1.29, 1.82) is 0 Å². The molecule has 0 bridgehead atoms. The van der Waals surface area contributed by atoms with Gasteiger partial charge in [0.15, 0.2) is 5.17 Å². The lowest BCUT2D eigenvalue weighted by molar-refractivity contribution is -0.140. The summed E-state index contributed by atoms with van der Waals surface area (Å²) in [5.41, 5.74) is 2.66. The molecule has 4 rings (SSSR count). The van der Waals surface area contributed by atoms with Crippen molar-refractivity contribution >= 4 is 75.8 Å². The summed E-state index contributed by atoms with van der Waals surface area (Å²) in [5, 5.41) is 1.83. The highest BCUT2D eigenvalue weighted by Crippen LogP contribution is 2.50. The van der Waals surface area contributed by atoms with Crippen LogP contribution in [0.25, 0.3) is 4.91 Å². The van der Waals surface area contributed by atoms with E-state index >= 15 is 0 Å². The van der Waals surface area contributed by atoms with Crippen LogP contribution in [-0.2, 0) is 9.53 Å². The number of amidine groups is 1. The zero-order valence-electron chi connectivity index (χ0n) is 21.7. The molecule has 11 heteroatoms. The fraction of sp³-hybridized carbons (Fsp3) is 0.333. The van der Waals surface area contributed by atoms with Crippen molar-refractivity contribution in [3.8, 4) is 5.75 Å². The number of esters is 1. The molecule has 0 N–H and O–H groups in total. The van der Waals surface area contributed by atoms with Crippen LogP contribution < -0.4 is 4.74 Å². The van der Waals surface area contributed by atoms with Gasteiger partial charge in [-0.2, -0.15) is 0 Å². The number of para-hydroxylation sites is 1. The lowest BCUT2D eigenvalue weighted by atomic mass is 9.94. The van der Waals surface area contributed by atoms with E-state index in [0.29, 0.717) is 33.6 Å². The Hall–Kier alpha value is -1.87. The van der Waals surface area contributed by atoms with Gasteiger partial charge >= 0.3 is 5.97 Å². The van der Waals surface area contributed by atoms with Crippen molar-refractivity contribution in [3.05, 3.63) is 81.1 Å². The maximum atomic E-state index is 13.5. The van der Waals surface area contributed by atoms with Crippen LogP contribution in [0.4, 0.5) is 0 Å². The molecule has 206 valence electrons. The number of hydrogen-bond acceptors (Lipinski definition) is 7. The number of nitrogens with zero attached hydrogens (tertiary/aromatic N) is 3. The summed E-state index contributed by atoms with van der Waals surface area (Å²) in [5.74, 6) is 0.303. The van der Waals surface area contributed by atoms with Crippen molar-refractivity contribution in [2.45, 2.75) is 32.9 Å². The number of halogens is 4. The number of fused-ring (bicyclic) bond motifs is 1. The van der Waals surface area contributed by atoms with Crippen LogP contribution in [0.15, 0.2) is 64.9 Å². The van der Waals surface area contributed by atoms with E-state index in [0.717, 1.165) is 21.2 Å². The summed E-state index contributed by atoms with van der Waals surface area (Å²) in [4.78, 5) is 23.0. The summed E-state index contributed by atoms with van der Waals surface area (Å²) < 4.78 is 11.8. The molecule has 2 aliphatic heterocycles. The minimum Gasteiger partial charge on any atom is -0.491 e. The third kappa shape index (κ3) is 7.00. The van der Waals surface area contributed by atoms with E-state index in [4.69, 9.17) is 37.7 Å². The van der Waals surface area contributed by atoms with Crippen LogP contribution in [-0.4, -0.2) is 54.3 Å². The van der Waals surface area contributed by atoms with Gasteiger partial charge in [-0.05, 0) is 64.8 Å². The van der Waals surface area contributed by atoms with Crippen molar-refractivity contribution in [3.63, 3.8) is 0 Å². The first-order valence-electron chi connectivity index (χ1n) is 11.7. The Morgan fingerprint density at radius 3 is 2.39 bits per heavy atom. The van der Waals surface area contributed by atoms with Gasteiger partial charge in [-0.1, -0.05) is 47.5 Å². The molecule has 1 atom stereocenters. The number of rotatable bonds is 8. The van der Waals surface area contributed by atoms with Crippen molar-refractivity contribution in [2.24, 2.45) is 4.99 Å². The standard InChI is InChI=1S/C27H29Cl2N3O3S.2ClH/c1-16(2)35-21-12-7-6-9-18(21)25-23(26(33)34-14-13-31(4)5)17(3)30-27-32(25)15-22(36-27)24-19(28)10-8-11-20(24)29;;/h6-12,15-16,25H,13-14H2,1-5H3;2*1H. The van der Waals surface area contributed by atoms with Crippen LogP contribution in [0.1, 0.15) is 37.9 Å². The third-order valence-corrected chi connectivity index (χ3v) is 7.30. The summed E-state index contributed by atoms with van der Waals surface area (Å²) in [6.45, 7) is 6.70. The predicted molar refractivity (Wildman–Crippen MR) is 163 cm³/mol. The van der Waals surface area contributed by atoms with Crippen molar-refractivity contribution in [2.75, 3.05) is 27.2 Å². The summed E-state index contributed by atoms with van der Waals surface area (Å²) >= 11 is 14.5. The maximum absolute atomic E-state index is 13.5. The topological polar surface area (TPSA) is 54.4 Å². The smallest absolute Gasteiger partial charge is 0.338 e. The summed E-state index contributed by atoms with van der Waals surface area (Å²) in [6.07, 6.45) is 1.91. The molecule has 0 radical (unpaired) electrons. The number of carbonyl (C=O) groups excluding carboxylic acids is 1. The maximum Gasteiger partial charge on any atom is 0.338 e. The Morgan fingerprint density at radius 2 is 1.76 bits per heavy atom. The number of ether oxygens (including phenoxy) is 2. The number of allylic oxidation sites excluding steroid dienone is 1. The summed E-state index contributed by atoms with van der Waals surface area (Å²) in [7, 11) is 3.87. The van der Waals surface area contributed by atoms with Gasteiger partial charge < -0.3 is 19.3 Å². The van der Waals surface area contributed by atoms with E-state index < -0.39 is 12.0 Å². The Bertz CT molecular complexity index is 1240. The molecule has 2 aromatic carbocycles. The molecule has 2 aliphatic rings. The quantitative estimate of drug-likeness (QED) is 0.286. The second-order valence-corrected chi connectivity index (χ2v) is 10.9. The van der Waals surface area contributed by atoms with Crippen LogP contribution in [0.3, 0.4) is 0 Å². The van der Waals surface area contributed by atoms with Crippen LogP contribution in [0, 0.1) is 0 Å². The van der Waals surface area contributed by atoms with E-state index in [9.17, 15) is 4.79 Å². The minimum atomic E-state index is -0.495. The molecule has 0 aromatic heterocycles. The van der Waals surface area contributed by atoms with Gasteiger partial charge in [0.25, 0.3) is 0 Å². The molecule has 2 aromatic rings. The highest BCUT2D eigenvalue weighted by atomic mass is 35.5. The molecule has 0 aliphatic carbocycles. The average molecular weight is 619 g/mol. The van der Waals surface area contributed by atoms with E-state index in [2.05, 4.69) is 0 Å². The van der Waals surface area contributed by atoms with E-state index in [1.165, 1.54) is 11.8 Å². The van der Waals surface area contributed by atoms with E-state index in [1.807, 2.05) is 93.3 Å². The highest BCUT2D eigenvalue weighted by molar-refractivity contribution is 8.22. The van der Waals surface area contributed by atoms with Crippen LogP contribution in [0.5, 0.6) is 5.75 Å². The highest BCUT2D eigenvalue weighted by Gasteiger charge is 2.41. The Balaban J connectivity index is 0.00000253. The molecule has 38 heavy (non-hydrogen) atoms. The summed E-state index contributed by atoms with van der Waals surface area (Å²) in [6, 6.07) is 12.7. The molecule has 0 amide bonds. The molecular formula is C27H31Cl4N3O3S. The third-order valence-electron chi connectivity index (χ3n) is 5.66. The Kier molecular flexibility index (Phi) is 11.9. The van der Waals surface area contributed by atoms with Crippen molar-refractivity contribution in [1.82, 2.24) is 9.80 Å². The number of aliphatic imine (C=N–C) groups is 1. The molecule has 0 saturated carbocycles. The lowest BCUT2D eigenvalue weighted by Crippen LogP contribution is -2.35. The molecule has 6 nitrogen and oxygen atoms in total. The molecule has 1 unspecified atom stereocenters. The second kappa shape index (κ2) is 14.0. The van der Waals surface area contributed by atoms with Gasteiger partial charge in [0, 0.05) is 28.8 Å². The minimum absolute atomic E-state index is 0. The second-order valence-electron chi connectivity index (χ2n) is 9.04. The zero-order chi connectivity index (χ0) is 26.0. The molecule has 0 saturated heterocycles. The first-order valence-corrected chi connectivity index (χ1v) is 13.2. The zero-order valence-corrected chi connectivity index (χ0v) is 25.7. The Labute approximate surface area is 250 Å². The number of carbonyl (C=O) groups is 1. The molecule has 2 heterocycles. The normalized spacial score (nSPS) is 16.4. The lowest BCUT2D eigenvalue weighted by Gasteiger charge is -2.34. The van der Waals surface area contributed by atoms with Gasteiger partial charge in [-0.15, -0.1) is 24.8 Å². The van der Waals surface area contributed by atoms with E-state index in [-0.39, 0.29) is 37.5 Å². The van der Waals surface area contributed by atoms with Crippen LogP contribution in [0.2, 0.25) is 10.0 Å². The first kappa shape index (κ1) is 32.3. The van der Waals surface area contributed by atoms with Crippen molar-refractivity contribution < 1.29 is 14.3 Å². The van der Waals surface area contributed by atoms with Gasteiger partial charge in [0.1, 0.15) is 12.4 Å². The number of hydrogen-bond donors (Lipinski definition) is 0. The average Bonchev–Trinajstić information content (AvgIpc) is 3.20. The van der Waals surface area contributed by atoms with Gasteiger partial charge in [-0.3, -0.25) is 0 Å². The van der Waals surface area contributed by atoms with Crippen LogP contribution >= 0.6 is 59.8 Å². The SMILES string of the molecule is CC1=C(C(=O)OCCN(C)C)C(c2ccccc2OC(C)C)N2C=C(c3c(Cl)cccc3Cl)SC2=N1.Cl.Cl. The number of benzene rings is 2. The molecule has 0 fully saturated rings. The number of likely N-dealkylation sites (N-methyl/N-ethyl adjacent to an activating group) is 1. The molecular weight excluding hydrogens is 588 g/mol. The largest absolute Gasteiger partial charge is 0.491 e. The monoisotopic (exact) mass is 617 g/mol. The van der Waals surface area contributed by atoms with Gasteiger partial charge in [0.2, 0.25) is 0 Å². The van der Waals surface area contributed by atoms with Gasteiger partial charge in [-0.25, -0.2) is 9.79 Å². The fourth-order valence-electron chi connectivity index (χ4n) is 4.04. The fourth-order valence-corrected chi connectivity index (χ4v) is 5.89.